The molecule has 16 heavy (non-hydrogen) atoms. The lowest BCUT2D eigenvalue weighted by atomic mass is 9.92. The molecule has 0 spiro atoms. The standard InChI is InChI=1S/C12H20O4/c1-8(2)9(6-11(13)14-5)10-7-15-12(3,4)16-10/h9-10H,1,6-7H2,2-5H3/t9-,10-/m1/s1. The van der Waals surface area contributed by atoms with Crippen LogP contribution in [-0.4, -0.2) is 31.6 Å². The lowest BCUT2D eigenvalue weighted by Gasteiger charge is -2.23. The fraction of sp³-hybridized carbons (Fsp3) is 0.750. The summed E-state index contributed by atoms with van der Waals surface area (Å²) in [4.78, 5) is 11.3. The van der Waals surface area contributed by atoms with Gasteiger partial charge in [0.25, 0.3) is 0 Å². The molecule has 4 heteroatoms. The van der Waals surface area contributed by atoms with Crippen molar-refractivity contribution in [1.82, 2.24) is 0 Å². The van der Waals surface area contributed by atoms with Crippen molar-refractivity contribution < 1.29 is 19.0 Å². The maximum absolute atomic E-state index is 11.3. The molecule has 1 aliphatic heterocycles. The monoisotopic (exact) mass is 228 g/mol. The van der Waals surface area contributed by atoms with E-state index in [1.54, 1.807) is 0 Å². The number of esters is 1. The highest BCUT2D eigenvalue weighted by Crippen LogP contribution is 2.31. The molecule has 1 heterocycles. The zero-order valence-electron chi connectivity index (χ0n) is 10.4. The maximum Gasteiger partial charge on any atom is 0.306 e. The number of ether oxygens (including phenoxy) is 3. The molecule has 0 N–H and O–H groups in total. The van der Waals surface area contributed by atoms with Gasteiger partial charge in [0, 0.05) is 5.92 Å². The quantitative estimate of drug-likeness (QED) is 0.544. The van der Waals surface area contributed by atoms with E-state index >= 15 is 0 Å². The minimum atomic E-state index is -0.575. The van der Waals surface area contributed by atoms with Crippen molar-refractivity contribution in [3.8, 4) is 0 Å². The number of hydrogen-bond acceptors (Lipinski definition) is 4. The molecule has 92 valence electrons. The normalized spacial score (nSPS) is 25.1. The lowest BCUT2D eigenvalue weighted by Crippen LogP contribution is -2.29. The SMILES string of the molecule is C=C(C)[C@@H](CC(=O)OC)[C@H]1COC(C)(C)O1. The number of hydrogen-bond donors (Lipinski definition) is 0. The summed E-state index contributed by atoms with van der Waals surface area (Å²) in [6.07, 6.45) is 0.169. The smallest absolute Gasteiger partial charge is 0.306 e. The van der Waals surface area contributed by atoms with Gasteiger partial charge < -0.3 is 14.2 Å². The minimum absolute atomic E-state index is 0.0470. The Balaban J connectivity index is 2.65. The molecule has 0 aromatic heterocycles. The summed E-state index contributed by atoms with van der Waals surface area (Å²) in [6, 6.07) is 0. The van der Waals surface area contributed by atoms with Crippen LogP contribution in [0.25, 0.3) is 0 Å². The predicted octanol–water partition coefficient (Wildman–Crippen LogP) is 1.89. The molecule has 0 aromatic carbocycles. The van der Waals surface area contributed by atoms with Crippen LogP contribution in [0.1, 0.15) is 27.2 Å². The van der Waals surface area contributed by atoms with E-state index in [2.05, 4.69) is 11.3 Å². The van der Waals surface area contributed by atoms with E-state index in [1.165, 1.54) is 7.11 Å². The van der Waals surface area contributed by atoms with Crippen LogP contribution < -0.4 is 0 Å². The third-order valence-electron chi connectivity index (χ3n) is 2.73. The minimum Gasteiger partial charge on any atom is -0.469 e. The van der Waals surface area contributed by atoms with Crippen LogP contribution >= 0.6 is 0 Å². The first-order chi connectivity index (χ1) is 7.35. The van der Waals surface area contributed by atoms with Crippen LogP contribution in [0.4, 0.5) is 0 Å². The summed E-state index contributed by atoms with van der Waals surface area (Å²) in [5.41, 5.74) is 0.914. The van der Waals surface area contributed by atoms with Gasteiger partial charge in [0.1, 0.15) is 0 Å². The molecule has 1 saturated heterocycles. The Morgan fingerprint density at radius 2 is 2.25 bits per heavy atom. The summed E-state index contributed by atoms with van der Waals surface area (Å²) in [7, 11) is 1.38. The second-order valence-electron chi connectivity index (χ2n) is 4.60. The highest BCUT2D eigenvalue weighted by molar-refractivity contribution is 5.70. The van der Waals surface area contributed by atoms with E-state index in [-0.39, 0.29) is 24.4 Å². The van der Waals surface area contributed by atoms with E-state index in [4.69, 9.17) is 9.47 Å². The van der Waals surface area contributed by atoms with Crippen molar-refractivity contribution in [2.45, 2.75) is 39.1 Å². The first-order valence-corrected chi connectivity index (χ1v) is 5.39. The summed E-state index contributed by atoms with van der Waals surface area (Å²) in [6.45, 7) is 9.99. The molecule has 0 amide bonds. The number of carbonyl (C=O) groups excluding carboxylic acids is 1. The molecule has 1 aliphatic rings. The lowest BCUT2D eigenvalue weighted by molar-refractivity contribution is -0.150. The second kappa shape index (κ2) is 4.97. The largest absolute Gasteiger partial charge is 0.469 e. The van der Waals surface area contributed by atoms with Crippen molar-refractivity contribution in [2.75, 3.05) is 13.7 Å². The second-order valence-corrected chi connectivity index (χ2v) is 4.60. The molecule has 0 bridgehead atoms. The molecule has 2 atom stereocenters. The first kappa shape index (κ1) is 13.2. The van der Waals surface area contributed by atoms with Crippen LogP contribution in [0, 0.1) is 5.92 Å². The van der Waals surface area contributed by atoms with E-state index in [0.29, 0.717) is 6.61 Å². The predicted molar refractivity (Wildman–Crippen MR) is 59.8 cm³/mol. The Morgan fingerprint density at radius 1 is 1.62 bits per heavy atom. The average molecular weight is 228 g/mol. The van der Waals surface area contributed by atoms with Gasteiger partial charge in [-0.05, 0) is 20.8 Å². The van der Waals surface area contributed by atoms with Gasteiger partial charge in [0.15, 0.2) is 5.79 Å². The van der Waals surface area contributed by atoms with Crippen LogP contribution in [-0.2, 0) is 19.0 Å². The van der Waals surface area contributed by atoms with E-state index in [1.807, 2.05) is 20.8 Å². The van der Waals surface area contributed by atoms with Gasteiger partial charge in [0.05, 0.1) is 26.2 Å². The van der Waals surface area contributed by atoms with E-state index in [9.17, 15) is 4.79 Å². The topological polar surface area (TPSA) is 44.8 Å². The molecule has 0 aliphatic carbocycles. The summed E-state index contributed by atoms with van der Waals surface area (Å²) < 4.78 is 15.9. The van der Waals surface area contributed by atoms with Crippen LogP contribution in [0.2, 0.25) is 0 Å². The molecule has 1 fully saturated rings. The van der Waals surface area contributed by atoms with Crippen molar-refractivity contribution in [1.29, 1.82) is 0 Å². The fourth-order valence-corrected chi connectivity index (χ4v) is 1.80. The van der Waals surface area contributed by atoms with Gasteiger partial charge in [-0.1, -0.05) is 12.2 Å². The van der Waals surface area contributed by atoms with Gasteiger partial charge in [-0.2, -0.15) is 0 Å². The Labute approximate surface area is 96.6 Å². The molecule has 0 aromatic rings. The van der Waals surface area contributed by atoms with Crippen LogP contribution in [0.3, 0.4) is 0 Å². The van der Waals surface area contributed by atoms with Crippen molar-refractivity contribution in [3.63, 3.8) is 0 Å². The maximum atomic E-state index is 11.3. The molecular weight excluding hydrogens is 208 g/mol. The van der Waals surface area contributed by atoms with Gasteiger partial charge in [0.2, 0.25) is 0 Å². The van der Waals surface area contributed by atoms with Gasteiger partial charge in [-0.3, -0.25) is 4.79 Å². The third kappa shape index (κ3) is 3.32. The Kier molecular flexibility index (Phi) is 4.10. The number of methoxy groups -OCH3 is 1. The zero-order chi connectivity index (χ0) is 12.3. The average Bonchev–Trinajstić information content (AvgIpc) is 2.54. The molecule has 0 unspecified atom stereocenters. The number of rotatable bonds is 4. The molecule has 1 rings (SSSR count). The fourth-order valence-electron chi connectivity index (χ4n) is 1.80. The van der Waals surface area contributed by atoms with E-state index in [0.717, 1.165) is 5.57 Å². The summed E-state index contributed by atoms with van der Waals surface area (Å²) in [5.74, 6) is -0.871. The van der Waals surface area contributed by atoms with Gasteiger partial charge in [-0.15, -0.1) is 0 Å². The molecule has 4 nitrogen and oxygen atoms in total. The van der Waals surface area contributed by atoms with Crippen molar-refractivity contribution in [2.24, 2.45) is 5.92 Å². The van der Waals surface area contributed by atoms with Crippen molar-refractivity contribution in [3.05, 3.63) is 12.2 Å². The van der Waals surface area contributed by atoms with Crippen molar-refractivity contribution >= 4 is 5.97 Å². The van der Waals surface area contributed by atoms with Gasteiger partial charge >= 0.3 is 5.97 Å². The highest BCUT2D eigenvalue weighted by Gasteiger charge is 2.38. The molecular formula is C12H20O4. The molecule has 0 saturated carbocycles. The van der Waals surface area contributed by atoms with Crippen LogP contribution in [0.15, 0.2) is 12.2 Å². The zero-order valence-corrected chi connectivity index (χ0v) is 10.4. The third-order valence-corrected chi connectivity index (χ3v) is 2.73. The van der Waals surface area contributed by atoms with Crippen LogP contribution in [0.5, 0.6) is 0 Å². The van der Waals surface area contributed by atoms with E-state index < -0.39 is 5.79 Å². The Bertz CT molecular complexity index is 283. The summed E-state index contributed by atoms with van der Waals surface area (Å²) in [5, 5.41) is 0. The molecule has 0 radical (unpaired) electrons. The number of carbonyl (C=O) groups is 1. The van der Waals surface area contributed by atoms with Gasteiger partial charge in [-0.25, -0.2) is 0 Å². The first-order valence-electron chi connectivity index (χ1n) is 5.39. The summed E-state index contributed by atoms with van der Waals surface area (Å²) >= 11 is 0. The Hall–Kier alpha value is -0.870. The Morgan fingerprint density at radius 3 is 2.62 bits per heavy atom. The highest BCUT2D eigenvalue weighted by atomic mass is 16.7.